The first-order valence-corrected chi connectivity index (χ1v) is 10.2. The van der Waals surface area contributed by atoms with E-state index in [1.54, 1.807) is 13.1 Å². The summed E-state index contributed by atoms with van der Waals surface area (Å²) >= 11 is 0. The average Bonchev–Trinajstić information content (AvgIpc) is 3.46. The molecule has 1 amide bonds. The lowest BCUT2D eigenvalue weighted by atomic mass is 9.92. The van der Waals surface area contributed by atoms with Crippen LogP contribution in [0.3, 0.4) is 0 Å². The molecule has 1 aliphatic heterocycles. The minimum Gasteiger partial charge on any atom is -0.438 e. The van der Waals surface area contributed by atoms with Gasteiger partial charge >= 0.3 is 0 Å². The van der Waals surface area contributed by atoms with Crippen LogP contribution >= 0.6 is 0 Å². The number of nitrogens with zero attached hydrogens (tertiary/aromatic N) is 4. The van der Waals surface area contributed by atoms with Crippen molar-refractivity contribution in [3.8, 4) is 22.8 Å². The van der Waals surface area contributed by atoms with Crippen molar-refractivity contribution in [1.29, 1.82) is 0 Å². The number of aromatic nitrogens is 3. The zero-order valence-corrected chi connectivity index (χ0v) is 16.7. The molecule has 6 nitrogen and oxygen atoms in total. The molecule has 3 heterocycles. The minimum atomic E-state index is 0.0524. The maximum atomic E-state index is 12.3. The van der Waals surface area contributed by atoms with Crippen LogP contribution in [-0.2, 0) is 11.2 Å². The molecule has 29 heavy (non-hydrogen) atoms. The summed E-state index contributed by atoms with van der Waals surface area (Å²) in [7, 11) is 0. The van der Waals surface area contributed by atoms with E-state index in [-0.39, 0.29) is 11.9 Å². The van der Waals surface area contributed by atoms with Crippen LogP contribution in [0.2, 0.25) is 0 Å². The molecule has 0 bridgehead atoms. The zero-order chi connectivity index (χ0) is 20.0. The highest BCUT2D eigenvalue weighted by atomic mass is 16.5. The van der Waals surface area contributed by atoms with Crippen molar-refractivity contribution in [1.82, 2.24) is 14.8 Å². The Hall–Kier alpha value is -3.15. The van der Waals surface area contributed by atoms with E-state index < -0.39 is 0 Å². The molecule has 1 fully saturated rings. The molecular weight excluding hydrogens is 364 g/mol. The van der Waals surface area contributed by atoms with Crippen molar-refractivity contribution in [3.63, 3.8) is 0 Å². The Labute approximate surface area is 170 Å². The Balaban J connectivity index is 1.65. The topological polar surface area (TPSA) is 60.2 Å². The Kier molecular flexibility index (Phi) is 4.34. The number of amides is 1. The Morgan fingerprint density at radius 3 is 2.76 bits per heavy atom. The predicted octanol–water partition coefficient (Wildman–Crippen LogP) is 4.76. The van der Waals surface area contributed by atoms with Crippen LogP contribution in [0.25, 0.3) is 11.1 Å². The highest BCUT2D eigenvalue weighted by Crippen LogP contribution is 2.45. The number of carbonyl (C=O) groups is 1. The van der Waals surface area contributed by atoms with Crippen LogP contribution in [0.4, 0.5) is 5.69 Å². The van der Waals surface area contributed by atoms with E-state index in [1.807, 2.05) is 46.1 Å². The average molecular weight is 388 g/mol. The van der Waals surface area contributed by atoms with Gasteiger partial charge in [0.2, 0.25) is 11.8 Å². The number of fused-ring (bicyclic) bond motifs is 1. The van der Waals surface area contributed by atoms with E-state index in [4.69, 9.17) is 4.74 Å². The van der Waals surface area contributed by atoms with E-state index in [0.717, 1.165) is 41.0 Å². The third kappa shape index (κ3) is 3.28. The van der Waals surface area contributed by atoms with Crippen molar-refractivity contribution in [3.05, 3.63) is 54.5 Å². The molecule has 1 unspecified atom stereocenters. The highest BCUT2D eigenvalue weighted by Gasteiger charge is 2.31. The first-order chi connectivity index (χ1) is 14.1. The maximum Gasteiger partial charge on any atom is 0.224 e. The normalized spacial score (nSPS) is 18.4. The smallest absolute Gasteiger partial charge is 0.224 e. The summed E-state index contributed by atoms with van der Waals surface area (Å²) < 4.78 is 8.37. The van der Waals surface area contributed by atoms with E-state index in [0.29, 0.717) is 11.9 Å². The van der Waals surface area contributed by atoms with Gasteiger partial charge in [-0.05, 0) is 50.8 Å². The van der Waals surface area contributed by atoms with Crippen molar-refractivity contribution in [2.24, 2.45) is 0 Å². The van der Waals surface area contributed by atoms with E-state index in [9.17, 15) is 4.79 Å². The van der Waals surface area contributed by atoms with E-state index in [1.165, 1.54) is 12.8 Å². The Morgan fingerprint density at radius 2 is 2.03 bits per heavy atom. The lowest BCUT2D eigenvalue weighted by molar-refractivity contribution is -0.117. The number of carbonyl (C=O) groups excluding carboxylic acids is 1. The predicted molar refractivity (Wildman–Crippen MR) is 111 cm³/mol. The summed E-state index contributed by atoms with van der Waals surface area (Å²) in [5, 5.41) is 4.55. The number of benzene rings is 1. The largest absolute Gasteiger partial charge is 0.438 e. The van der Waals surface area contributed by atoms with Crippen LogP contribution in [0.5, 0.6) is 11.6 Å². The van der Waals surface area contributed by atoms with Gasteiger partial charge in [0.05, 0.1) is 17.9 Å². The summed E-state index contributed by atoms with van der Waals surface area (Å²) in [5.74, 6) is 1.37. The number of ether oxygens (including phenoxy) is 1. The monoisotopic (exact) mass is 388 g/mol. The minimum absolute atomic E-state index is 0.0524. The van der Waals surface area contributed by atoms with Gasteiger partial charge in [0.25, 0.3) is 0 Å². The second-order valence-electron chi connectivity index (χ2n) is 7.93. The lowest BCUT2D eigenvalue weighted by Gasteiger charge is -2.35. The summed E-state index contributed by atoms with van der Waals surface area (Å²) in [4.78, 5) is 18.6. The molecule has 2 aromatic heterocycles. The van der Waals surface area contributed by atoms with Crippen LogP contribution in [0, 0.1) is 0 Å². The van der Waals surface area contributed by atoms with Gasteiger partial charge in [0, 0.05) is 48.1 Å². The van der Waals surface area contributed by atoms with Gasteiger partial charge in [-0.25, -0.2) is 4.98 Å². The summed E-state index contributed by atoms with van der Waals surface area (Å²) in [6, 6.07) is 10.4. The van der Waals surface area contributed by atoms with Gasteiger partial charge < -0.3 is 9.64 Å². The third-order valence-corrected chi connectivity index (χ3v) is 5.77. The molecule has 6 heteroatoms. The first-order valence-electron chi connectivity index (χ1n) is 10.2. The Morgan fingerprint density at radius 1 is 1.17 bits per heavy atom. The molecule has 5 rings (SSSR count). The highest BCUT2D eigenvalue weighted by molar-refractivity contribution is 5.95. The third-order valence-electron chi connectivity index (χ3n) is 5.77. The maximum absolute atomic E-state index is 12.3. The quantitative estimate of drug-likeness (QED) is 0.646. The number of rotatable bonds is 4. The second kappa shape index (κ2) is 7.03. The molecule has 0 N–H and O–H groups in total. The van der Waals surface area contributed by atoms with Gasteiger partial charge in [-0.1, -0.05) is 6.07 Å². The summed E-state index contributed by atoms with van der Waals surface area (Å²) in [6.07, 6.45) is 9.85. The molecule has 148 valence electrons. The van der Waals surface area contributed by atoms with Crippen molar-refractivity contribution in [2.45, 2.75) is 51.6 Å². The number of pyridine rings is 1. The SMILES string of the molecule is CC(=O)N1c2ccc(-c3cnn(C4CC4)c3)c(Oc3ccccn3)c2CCC1C. The number of hydrogen-bond acceptors (Lipinski definition) is 4. The first kappa shape index (κ1) is 17.9. The number of anilines is 1. The molecule has 0 saturated heterocycles. The fraction of sp³-hybridized carbons (Fsp3) is 0.348. The fourth-order valence-corrected chi connectivity index (χ4v) is 4.16. The standard InChI is InChI=1S/C23H24N4O2/c1-15-6-9-20-21(27(15)16(2)28)11-10-19(17-13-25-26(14-17)18-7-8-18)23(20)29-22-5-3-4-12-24-22/h3-5,10-15,18H,6-9H2,1-2H3. The molecule has 0 radical (unpaired) electrons. The molecule has 1 aliphatic carbocycles. The van der Waals surface area contributed by atoms with Crippen LogP contribution in [-0.4, -0.2) is 26.7 Å². The Bertz CT molecular complexity index is 1060. The van der Waals surface area contributed by atoms with E-state index >= 15 is 0 Å². The van der Waals surface area contributed by atoms with Crippen LogP contribution in [0.15, 0.2) is 48.9 Å². The van der Waals surface area contributed by atoms with Gasteiger partial charge in [0.15, 0.2) is 0 Å². The van der Waals surface area contributed by atoms with Gasteiger partial charge in [-0.2, -0.15) is 5.10 Å². The molecule has 1 saturated carbocycles. The van der Waals surface area contributed by atoms with Gasteiger partial charge in [-0.3, -0.25) is 9.48 Å². The molecular formula is C23H24N4O2. The number of hydrogen-bond donors (Lipinski definition) is 0. The molecule has 3 aromatic rings. The van der Waals surface area contributed by atoms with Crippen LogP contribution < -0.4 is 9.64 Å². The molecule has 0 spiro atoms. The van der Waals surface area contributed by atoms with E-state index in [2.05, 4.69) is 23.2 Å². The lowest BCUT2D eigenvalue weighted by Crippen LogP contribution is -2.40. The molecule has 2 aliphatic rings. The second-order valence-corrected chi connectivity index (χ2v) is 7.93. The summed E-state index contributed by atoms with van der Waals surface area (Å²) in [6.45, 7) is 3.72. The van der Waals surface area contributed by atoms with Crippen molar-refractivity contribution in [2.75, 3.05) is 4.90 Å². The molecule has 1 atom stereocenters. The van der Waals surface area contributed by atoms with Crippen molar-refractivity contribution >= 4 is 11.6 Å². The fourth-order valence-electron chi connectivity index (χ4n) is 4.16. The zero-order valence-electron chi connectivity index (χ0n) is 16.7. The van der Waals surface area contributed by atoms with Crippen LogP contribution in [0.1, 0.15) is 44.7 Å². The molecule has 1 aromatic carbocycles. The van der Waals surface area contributed by atoms with Gasteiger partial charge in [-0.15, -0.1) is 0 Å². The summed E-state index contributed by atoms with van der Waals surface area (Å²) in [5.41, 5.74) is 4.00. The van der Waals surface area contributed by atoms with Gasteiger partial charge in [0.1, 0.15) is 5.75 Å². The van der Waals surface area contributed by atoms with Crippen molar-refractivity contribution < 1.29 is 9.53 Å².